The van der Waals surface area contributed by atoms with Gasteiger partial charge in [0.2, 0.25) is 11.8 Å². The number of carbonyl (C=O) groups excluding carboxylic acids is 3. The van der Waals surface area contributed by atoms with E-state index in [-0.39, 0.29) is 31.3 Å². The van der Waals surface area contributed by atoms with Crippen LogP contribution in [-0.2, 0) is 27.2 Å². The number of nitrogens with one attached hydrogen (secondary N) is 3. The molecule has 3 aromatic carbocycles. The molecule has 0 aromatic heterocycles. The smallest absolute Gasteiger partial charge is 0.258 e. The number of aryl methyl sites for hydroxylation is 2. The average molecular weight is 588 g/mol. The lowest BCUT2D eigenvalue weighted by Gasteiger charge is -2.28. The second-order valence-electron chi connectivity index (χ2n) is 11.3. The summed E-state index contributed by atoms with van der Waals surface area (Å²) in [5, 5.41) is 19.8. The number of benzene rings is 3. The van der Waals surface area contributed by atoms with Crippen molar-refractivity contribution in [1.82, 2.24) is 16.0 Å². The van der Waals surface area contributed by atoms with E-state index in [1.807, 2.05) is 100 Å². The topological polar surface area (TPSA) is 117 Å². The molecular weight excluding hydrogens is 542 g/mol. The lowest BCUT2D eigenvalue weighted by molar-refractivity contribution is -0.132. The van der Waals surface area contributed by atoms with Crippen LogP contribution in [0, 0.1) is 19.8 Å². The van der Waals surface area contributed by atoms with Crippen molar-refractivity contribution in [2.24, 2.45) is 5.92 Å². The molecule has 0 aliphatic carbocycles. The summed E-state index contributed by atoms with van der Waals surface area (Å²) in [6.45, 7) is 7.94. The van der Waals surface area contributed by atoms with E-state index in [1.165, 1.54) is 0 Å². The van der Waals surface area contributed by atoms with Gasteiger partial charge >= 0.3 is 0 Å². The maximum Gasteiger partial charge on any atom is 0.258 e. The van der Waals surface area contributed by atoms with E-state index in [0.717, 1.165) is 28.7 Å². The number of amides is 3. The summed E-state index contributed by atoms with van der Waals surface area (Å²) in [5.41, 5.74) is 4.26. The van der Waals surface area contributed by atoms with Crippen LogP contribution in [0.4, 0.5) is 0 Å². The first-order valence-corrected chi connectivity index (χ1v) is 14.9. The number of carbonyl (C=O) groups is 3. The van der Waals surface area contributed by atoms with Gasteiger partial charge in [-0.05, 0) is 73.4 Å². The molecule has 230 valence electrons. The van der Waals surface area contributed by atoms with E-state index in [0.29, 0.717) is 18.7 Å². The Bertz CT molecular complexity index is 1310. The fraction of sp³-hybridized carbons (Fsp3) is 0.400. The number of hydrogen-bond acceptors (Lipinski definition) is 5. The predicted octanol–water partition coefficient (Wildman–Crippen LogP) is 4.05. The van der Waals surface area contributed by atoms with Crippen molar-refractivity contribution < 1.29 is 24.2 Å². The van der Waals surface area contributed by atoms with Gasteiger partial charge in [-0.1, -0.05) is 80.6 Å². The molecule has 3 rings (SSSR count). The standard InChI is InChI=1S/C35H45N3O5/c1-24(2)34(38-33(41)23-43-29-16-15-25(3)26(4)21-29)35(42)37-30(22-28-13-9-6-10-14-28)31(39)17-18-32(40)36-20-19-27-11-7-5-8-12-27/h5-16,21,24,30-31,34,39H,17-20,22-23H2,1-4H3,(H,36,40)(H,37,42)(H,38,41). The molecule has 0 aliphatic rings. The molecule has 0 aliphatic heterocycles. The molecule has 3 amide bonds. The first-order valence-electron chi connectivity index (χ1n) is 14.9. The fourth-order valence-corrected chi connectivity index (χ4v) is 4.69. The molecule has 3 atom stereocenters. The first kappa shape index (κ1) is 33.3. The van der Waals surface area contributed by atoms with Crippen molar-refractivity contribution in [2.45, 2.75) is 71.6 Å². The van der Waals surface area contributed by atoms with Crippen LogP contribution in [0.5, 0.6) is 5.75 Å². The molecule has 4 N–H and O–H groups in total. The Morgan fingerprint density at radius 2 is 1.47 bits per heavy atom. The summed E-state index contributed by atoms with van der Waals surface area (Å²) < 4.78 is 5.65. The third-order valence-corrected chi connectivity index (χ3v) is 7.45. The van der Waals surface area contributed by atoms with Crippen molar-refractivity contribution in [3.8, 4) is 5.75 Å². The molecule has 0 radical (unpaired) electrons. The Labute approximate surface area is 255 Å². The quantitative estimate of drug-likeness (QED) is 0.202. The second kappa shape index (κ2) is 17.1. The molecule has 0 saturated heterocycles. The maximum atomic E-state index is 13.4. The minimum atomic E-state index is -0.972. The van der Waals surface area contributed by atoms with Crippen molar-refractivity contribution in [1.29, 1.82) is 0 Å². The molecule has 0 heterocycles. The largest absolute Gasteiger partial charge is 0.484 e. The summed E-state index contributed by atoms with van der Waals surface area (Å²) in [5.74, 6) is -0.605. The third-order valence-electron chi connectivity index (χ3n) is 7.45. The predicted molar refractivity (Wildman–Crippen MR) is 169 cm³/mol. The number of aliphatic hydroxyl groups is 1. The summed E-state index contributed by atoms with van der Waals surface area (Å²) in [4.78, 5) is 38.7. The van der Waals surface area contributed by atoms with Gasteiger partial charge in [0.1, 0.15) is 11.8 Å². The number of aliphatic hydroxyl groups excluding tert-OH is 1. The highest BCUT2D eigenvalue weighted by Gasteiger charge is 2.29. The van der Waals surface area contributed by atoms with Gasteiger partial charge in [0, 0.05) is 13.0 Å². The molecule has 3 aromatic rings. The van der Waals surface area contributed by atoms with E-state index < -0.39 is 30.0 Å². The van der Waals surface area contributed by atoms with E-state index in [4.69, 9.17) is 4.74 Å². The van der Waals surface area contributed by atoms with Gasteiger partial charge in [0.25, 0.3) is 5.91 Å². The first-order chi connectivity index (χ1) is 20.6. The van der Waals surface area contributed by atoms with Crippen LogP contribution in [0.2, 0.25) is 0 Å². The Morgan fingerprint density at radius 1 is 0.814 bits per heavy atom. The number of hydrogen-bond donors (Lipinski definition) is 4. The number of rotatable bonds is 16. The molecule has 0 saturated carbocycles. The van der Waals surface area contributed by atoms with Crippen LogP contribution in [0.25, 0.3) is 0 Å². The normalized spacial score (nSPS) is 13.1. The maximum absolute atomic E-state index is 13.4. The Morgan fingerprint density at radius 3 is 2.09 bits per heavy atom. The monoisotopic (exact) mass is 587 g/mol. The van der Waals surface area contributed by atoms with E-state index >= 15 is 0 Å². The van der Waals surface area contributed by atoms with Gasteiger partial charge in [0.05, 0.1) is 12.1 Å². The van der Waals surface area contributed by atoms with Crippen LogP contribution >= 0.6 is 0 Å². The lowest BCUT2D eigenvalue weighted by Crippen LogP contribution is -2.55. The average Bonchev–Trinajstić information content (AvgIpc) is 2.99. The highest BCUT2D eigenvalue weighted by molar-refractivity contribution is 5.88. The van der Waals surface area contributed by atoms with Crippen LogP contribution in [-0.4, -0.2) is 54.2 Å². The minimum Gasteiger partial charge on any atom is -0.484 e. The third kappa shape index (κ3) is 11.6. The molecule has 0 fully saturated rings. The van der Waals surface area contributed by atoms with Gasteiger partial charge in [-0.15, -0.1) is 0 Å². The van der Waals surface area contributed by atoms with E-state index in [2.05, 4.69) is 16.0 Å². The molecule has 3 unspecified atom stereocenters. The highest BCUT2D eigenvalue weighted by Crippen LogP contribution is 2.16. The van der Waals surface area contributed by atoms with Gasteiger partial charge < -0.3 is 25.8 Å². The van der Waals surface area contributed by atoms with Crippen LogP contribution in [0.15, 0.2) is 78.9 Å². The van der Waals surface area contributed by atoms with Crippen molar-refractivity contribution in [2.75, 3.05) is 13.2 Å². The Hall–Kier alpha value is -4.17. The molecule has 43 heavy (non-hydrogen) atoms. The van der Waals surface area contributed by atoms with Crippen molar-refractivity contribution in [3.05, 3.63) is 101 Å². The summed E-state index contributed by atoms with van der Waals surface area (Å²) in [6.07, 6.45) is 0.424. The molecule has 8 heteroatoms. The van der Waals surface area contributed by atoms with E-state index in [1.54, 1.807) is 6.07 Å². The van der Waals surface area contributed by atoms with Gasteiger partial charge in [-0.3, -0.25) is 14.4 Å². The fourth-order valence-electron chi connectivity index (χ4n) is 4.69. The van der Waals surface area contributed by atoms with Crippen LogP contribution in [0.1, 0.15) is 48.9 Å². The Kier molecular flexibility index (Phi) is 13.2. The minimum absolute atomic E-state index is 0.122. The SMILES string of the molecule is Cc1ccc(OCC(=O)NC(C(=O)NC(Cc2ccccc2)C(O)CCC(=O)NCCc2ccccc2)C(C)C)cc1C. The zero-order chi connectivity index (χ0) is 31.2. The molecule has 0 spiro atoms. The van der Waals surface area contributed by atoms with E-state index in [9.17, 15) is 19.5 Å². The Balaban J connectivity index is 1.57. The van der Waals surface area contributed by atoms with Crippen LogP contribution < -0.4 is 20.7 Å². The van der Waals surface area contributed by atoms with Gasteiger partial charge in [-0.2, -0.15) is 0 Å². The molecule has 0 bridgehead atoms. The lowest BCUT2D eigenvalue weighted by atomic mass is 9.96. The van der Waals surface area contributed by atoms with Crippen molar-refractivity contribution in [3.63, 3.8) is 0 Å². The summed E-state index contributed by atoms with van der Waals surface area (Å²) in [6, 6.07) is 23.6. The summed E-state index contributed by atoms with van der Waals surface area (Å²) >= 11 is 0. The molecule has 8 nitrogen and oxygen atoms in total. The van der Waals surface area contributed by atoms with Crippen LogP contribution in [0.3, 0.4) is 0 Å². The zero-order valence-electron chi connectivity index (χ0n) is 25.6. The number of ether oxygens (including phenoxy) is 1. The van der Waals surface area contributed by atoms with Crippen molar-refractivity contribution >= 4 is 17.7 Å². The van der Waals surface area contributed by atoms with Gasteiger partial charge in [0.15, 0.2) is 6.61 Å². The second-order valence-corrected chi connectivity index (χ2v) is 11.3. The highest BCUT2D eigenvalue weighted by atomic mass is 16.5. The zero-order valence-corrected chi connectivity index (χ0v) is 25.6. The summed E-state index contributed by atoms with van der Waals surface area (Å²) in [7, 11) is 0. The molecular formula is C35H45N3O5. The van der Waals surface area contributed by atoms with Gasteiger partial charge in [-0.25, -0.2) is 0 Å².